The van der Waals surface area contributed by atoms with Gasteiger partial charge in [-0.3, -0.25) is 9.48 Å². The lowest BCUT2D eigenvalue weighted by molar-refractivity contribution is 0.0923. The van der Waals surface area contributed by atoms with Crippen molar-refractivity contribution in [2.45, 2.75) is 6.04 Å². The van der Waals surface area contributed by atoms with Gasteiger partial charge < -0.3 is 14.6 Å². The molecule has 112 valence electrons. The van der Waals surface area contributed by atoms with Crippen molar-refractivity contribution in [1.29, 1.82) is 0 Å². The Bertz CT molecular complexity index is 798. The quantitative estimate of drug-likeness (QED) is 0.785. The van der Waals surface area contributed by atoms with Gasteiger partial charge in [0.1, 0.15) is 11.2 Å². The van der Waals surface area contributed by atoms with Crippen molar-refractivity contribution >= 4 is 23.0 Å². The fourth-order valence-corrected chi connectivity index (χ4v) is 2.52. The van der Waals surface area contributed by atoms with E-state index in [2.05, 4.69) is 15.4 Å². The maximum Gasteiger partial charge on any atom is 0.298 e. The second kappa shape index (κ2) is 4.87. The number of carbonyl (C=O) groups is 1. The fraction of sp³-hybridized carbons (Fsp3) is 0.267. The Morgan fingerprint density at radius 3 is 2.86 bits per heavy atom. The van der Waals surface area contributed by atoms with Crippen LogP contribution >= 0.6 is 0 Å². The average Bonchev–Trinajstić information content (AvgIpc) is 3.07. The van der Waals surface area contributed by atoms with Crippen LogP contribution in [0.4, 0.5) is 6.01 Å². The van der Waals surface area contributed by atoms with Crippen molar-refractivity contribution < 1.29 is 9.21 Å². The van der Waals surface area contributed by atoms with Crippen LogP contribution in [-0.2, 0) is 7.05 Å². The van der Waals surface area contributed by atoms with Crippen LogP contribution in [0.5, 0.6) is 0 Å². The van der Waals surface area contributed by atoms with E-state index in [-0.39, 0.29) is 11.9 Å². The Labute approximate surface area is 126 Å². The van der Waals surface area contributed by atoms with Gasteiger partial charge in [0.05, 0.1) is 6.04 Å². The van der Waals surface area contributed by atoms with E-state index in [0.717, 1.165) is 11.1 Å². The summed E-state index contributed by atoms with van der Waals surface area (Å²) in [7, 11) is 1.79. The highest BCUT2D eigenvalue weighted by Gasteiger charge is 2.31. The molecule has 0 unspecified atom stereocenters. The van der Waals surface area contributed by atoms with E-state index in [1.807, 2.05) is 29.2 Å². The van der Waals surface area contributed by atoms with Crippen LogP contribution in [0.1, 0.15) is 10.5 Å². The third-order valence-corrected chi connectivity index (χ3v) is 3.72. The lowest BCUT2D eigenvalue weighted by atomic mass is 10.1. The summed E-state index contributed by atoms with van der Waals surface area (Å²) in [6.07, 6.45) is 1.75. The molecular formula is C15H15N5O2. The summed E-state index contributed by atoms with van der Waals surface area (Å²) >= 11 is 0. The molecule has 0 saturated carbocycles. The second-order valence-electron chi connectivity index (χ2n) is 5.41. The third kappa shape index (κ3) is 2.20. The zero-order chi connectivity index (χ0) is 15.1. The van der Waals surface area contributed by atoms with Gasteiger partial charge in [-0.1, -0.05) is 12.1 Å². The number of fused-ring (bicyclic) bond motifs is 1. The molecule has 0 atom stereocenters. The monoisotopic (exact) mass is 297 g/mol. The Kier molecular flexibility index (Phi) is 2.85. The maximum atomic E-state index is 12.0. The van der Waals surface area contributed by atoms with Crippen LogP contribution in [0.2, 0.25) is 0 Å². The number of nitrogens with one attached hydrogen (secondary N) is 1. The SMILES string of the molecule is Cn1ccc(C(=O)NC2CN(c3nc4ccccc4o3)C2)n1. The minimum absolute atomic E-state index is 0.0875. The number of rotatable bonds is 3. The molecule has 1 aliphatic rings. The molecule has 1 amide bonds. The molecule has 3 heterocycles. The Hall–Kier alpha value is -2.83. The van der Waals surface area contributed by atoms with E-state index in [4.69, 9.17) is 4.42 Å². The zero-order valence-corrected chi connectivity index (χ0v) is 12.1. The number of hydrogen-bond donors (Lipinski definition) is 1. The lowest BCUT2D eigenvalue weighted by Gasteiger charge is -2.38. The molecular weight excluding hydrogens is 282 g/mol. The molecule has 22 heavy (non-hydrogen) atoms. The number of aryl methyl sites for hydroxylation is 1. The molecule has 0 spiro atoms. The van der Waals surface area contributed by atoms with Crippen LogP contribution in [0, 0.1) is 0 Å². The van der Waals surface area contributed by atoms with Crippen LogP contribution in [-0.4, -0.2) is 39.8 Å². The van der Waals surface area contributed by atoms with E-state index >= 15 is 0 Å². The van der Waals surface area contributed by atoms with Gasteiger partial charge in [0.25, 0.3) is 11.9 Å². The second-order valence-corrected chi connectivity index (χ2v) is 5.41. The molecule has 0 aliphatic carbocycles. The summed E-state index contributed by atoms with van der Waals surface area (Å²) in [5.41, 5.74) is 2.06. The summed E-state index contributed by atoms with van der Waals surface area (Å²) in [4.78, 5) is 18.4. The highest BCUT2D eigenvalue weighted by molar-refractivity contribution is 5.92. The molecule has 1 N–H and O–H groups in total. The first kappa shape index (κ1) is 12.9. The van der Waals surface area contributed by atoms with Gasteiger partial charge in [-0.05, 0) is 18.2 Å². The maximum absolute atomic E-state index is 12.0. The fourth-order valence-electron chi connectivity index (χ4n) is 2.52. The van der Waals surface area contributed by atoms with Gasteiger partial charge in [-0.25, -0.2) is 0 Å². The van der Waals surface area contributed by atoms with Gasteiger partial charge >= 0.3 is 0 Å². The van der Waals surface area contributed by atoms with Crippen molar-refractivity contribution in [3.8, 4) is 0 Å². The van der Waals surface area contributed by atoms with Gasteiger partial charge in [0.2, 0.25) is 0 Å². The Morgan fingerprint density at radius 2 is 2.14 bits per heavy atom. The number of anilines is 1. The molecule has 1 fully saturated rings. The first-order valence-corrected chi connectivity index (χ1v) is 7.10. The molecule has 7 heteroatoms. The number of aromatic nitrogens is 3. The van der Waals surface area contributed by atoms with Gasteiger partial charge in [-0.2, -0.15) is 10.1 Å². The summed E-state index contributed by atoms with van der Waals surface area (Å²) in [6, 6.07) is 10.1. The molecule has 0 radical (unpaired) electrons. The van der Waals surface area contributed by atoms with E-state index in [1.165, 1.54) is 0 Å². The largest absolute Gasteiger partial charge is 0.423 e. The normalized spacial score (nSPS) is 15.0. The molecule has 0 bridgehead atoms. The number of hydrogen-bond acceptors (Lipinski definition) is 5. The number of para-hydroxylation sites is 2. The molecule has 7 nitrogen and oxygen atoms in total. The molecule has 1 aromatic carbocycles. The topological polar surface area (TPSA) is 76.2 Å². The first-order chi connectivity index (χ1) is 10.7. The summed E-state index contributed by atoms with van der Waals surface area (Å²) in [6.45, 7) is 1.37. The number of carbonyl (C=O) groups excluding carboxylic acids is 1. The predicted molar refractivity (Wildman–Crippen MR) is 80.7 cm³/mol. The van der Waals surface area contributed by atoms with Crippen molar-refractivity contribution in [3.05, 3.63) is 42.2 Å². The average molecular weight is 297 g/mol. The van der Waals surface area contributed by atoms with E-state index < -0.39 is 0 Å². The summed E-state index contributed by atoms with van der Waals surface area (Å²) in [5.74, 6) is -0.150. The molecule has 4 rings (SSSR count). The van der Waals surface area contributed by atoms with E-state index in [9.17, 15) is 4.79 Å². The number of oxazole rings is 1. The smallest absolute Gasteiger partial charge is 0.298 e. The van der Waals surface area contributed by atoms with Crippen LogP contribution in [0.15, 0.2) is 40.9 Å². The number of benzene rings is 1. The minimum Gasteiger partial charge on any atom is -0.423 e. The highest BCUT2D eigenvalue weighted by Crippen LogP contribution is 2.25. The van der Waals surface area contributed by atoms with Crippen LogP contribution < -0.4 is 10.2 Å². The van der Waals surface area contributed by atoms with Crippen molar-refractivity contribution in [2.75, 3.05) is 18.0 Å². The van der Waals surface area contributed by atoms with Gasteiger partial charge in [-0.15, -0.1) is 0 Å². The Morgan fingerprint density at radius 1 is 1.32 bits per heavy atom. The predicted octanol–water partition coefficient (Wildman–Crippen LogP) is 1.18. The number of nitrogens with zero attached hydrogens (tertiary/aromatic N) is 4. The third-order valence-electron chi connectivity index (χ3n) is 3.72. The number of amides is 1. The highest BCUT2D eigenvalue weighted by atomic mass is 16.4. The van der Waals surface area contributed by atoms with Crippen molar-refractivity contribution in [2.24, 2.45) is 7.05 Å². The van der Waals surface area contributed by atoms with Crippen LogP contribution in [0.25, 0.3) is 11.1 Å². The summed E-state index contributed by atoms with van der Waals surface area (Å²) in [5, 5.41) is 7.04. The summed E-state index contributed by atoms with van der Waals surface area (Å²) < 4.78 is 7.31. The van der Waals surface area contributed by atoms with Crippen LogP contribution in [0.3, 0.4) is 0 Å². The zero-order valence-electron chi connectivity index (χ0n) is 12.1. The van der Waals surface area contributed by atoms with Gasteiger partial charge in [0.15, 0.2) is 5.58 Å². The van der Waals surface area contributed by atoms with E-state index in [0.29, 0.717) is 24.8 Å². The minimum atomic E-state index is -0.150. The molecule has 3 aromatic rings. The van der Waals surface area contributed by atoms with Gasteiger partial charge in [0, 0.05) is 26.3 Å². The van der Waals surface area contributed by atoms with Crippen molar-refractivity contribution in [1.82, 2.24) is 20.1 Å². The molecule has 1 aliphatic heterocycles. The molecule has 1 saturated heterocycles. The van der Waals surface area contributed by atoms with E-state index in [1.54, 1.807) is 24.0 Å². The first-order valence-electron chi connectivity index (χ1n) is 7.10. The van der Waals surface area contributed by atoms with Crippen molar-refractivity contribution in [3.63, 3.8) is 0 Å². The molecule has 2 aromatic heterocycles. The lowest BCUT2D eigenvalue weighted by Crippen LogP contribution is -2.59. The Balaban J connectivity index is 1.38. The standard InChI is InChI=1S/C15H15N5O2/c1-19-7-6-12(18-19)14(21)16-10-8-20(9-10)15-17-11-4-2-3-5-13(11)22-15/h2-7,10H,8-9H2,1H3,(H,16,21).